The maximum Gasteiger partial charge on any atom is 0.253 e. The minimum atomic E-state index is 0.144. The van der Waals surface area contributed by atoms with Gasteiger partial charge in [-0.1, -0.05) is 24.3 Å². The van der Waals surface area contributed by atoms with Crippen molar-refractivity contribution < 1.29 is 9.53 Å². The number of carbonyl (C=O) groups is 1. The van der Waals surface area contributed by atoms with E-state index in [4.69, 9.17) is 4.74 Å². The molecule has 5 nitrogen and oxygen atoms in total. The summed E-state index contributed by atoms with van der Waals surface area (Å²) in [5.74, 6) is 1.14. The molecule has 2 aliphatic heterocycles. The largest absolute Gasteiger partial charge is 0.485 e. The smallest absolute Gasteiger partial charge is 0.253 e. The second-order valence-electron chi connectivity index (χ2n) is 8.14. The molecular formula is C24H31N3O2. The van der Waals surface area contributed by atoms with Crippen LogP contribution in [0.5, 0.6) is 5.75 Å². The van der Waals surface area contributed by atoms with Gasteiger partial charge in [0.1, 0.15) is 11.9 Å². The first-order valence-electron chi connectivity index (χ1n) is 10.7. The maximum absolute atomic E-state index is 12.5. The summed E-state index contributed by atoms with van der Waals surface area (Å²) in [6.07, 6.45) is 2.39. The van der Waals surface area contributed by atoms with Crippen molar-refractivity contribution in [3.63, 3.8) is 0 Å². The van der Waals surface area contributed by atoms with Crippen LogP contribution in [0.1, 0.15) is 35.7 Å². The average molecular weight is 394 g/mol. The molecule has 154 valence electrons. The zero-order valence-electron chi connectivity index (χ0n) is 17.5. The SMILES string of the molecule is CCN1C[C@@H](CN(C)Cc2ccc(C(=O)N3CCCC3)cc2)Oc2ccccc21. The minimum Gasteiger partial charge on any atom is -0.485 e. The van der Waals surface area contributed by atoms with Gasteiger partial charge in [0.2, 0.25) is 0 Å². The number of carbonyl (C=O) groups excluding carboxylic acids is 1. The molecule has 2 aliphatic rings. The van der Waals surface area contributed by atoms with Gasteiger partial charge in [0.25, 0.3) is 5.91 Å². The molecule has 0 bridgehead atoms. The van der Waals surface area contributed by atoms with E-state index in [0.717, 1.165) is 63.4 Å². The van der Waals surface area contributed by atoms with Gasteiger partial charge in [-0.25, -0.2) is 0 Å². The van der Waals surface area contributed by atoms with E-state index in [1.54, 1.807) is 0 Å². The molecule has 1 amide bonds. The lowest BCUT2D eigenvalue weighted by molar-refractivity contribution is 0.0793. The summed E-state index contributed by atoms with van der Waals surface area (Å²) in [5.41, 5.74) is 3.20. The number of para-hydroxylation sites is 2. The monoisotopic (exact) mass is 393 g/mol. The van der Waals surface area contributed by atoms with Crippen LogP contribution >= 0.6 is 0 Å². The highest BCUT2D eigenvalue weighted by Gasteiger charge is 2.25. The van der Waals surface area contributed by atoms with Crippen LogP contribution in [0.2, 0.25) is 0 Å². The van der Waals surface area contributed by atoms with Crippen LogP contribution in [0.4, 0.5) is 5.69 Å². The summed E-state index contributed by atoms with van der Waals surface area (Å²) in [4.78, 5) is 19.1. The molecule has 2 heterocycles. The second kappa shape index (κ2) is 8.87. The van der Waals surface area contributed by atoms with Gasteiger partial charge in [-0.15, -0.1) is 0 Å². The van der Waals surface area contributed by atoms with Crippen molar-refractivity contribution in [2.24, 2.45) is 0 Å². The zero-order valence-corrected chi connectivity index (χ0v) is 17.5. The van der Waals surface area contributed by atoms with Crippen LogP contribution in [-0.2, 0) is 6.54 Å². The lowest BCUT2D eigenvalue weighted by Gasteiger charge is -2.37. The van der Waals surface area contributed by atoms with Crippen molar-refractivity contribution in [2.45, 2.75) is 32.4 Å². The highest BCUT2D eigenvalue weighted by atomic mass is 16.5. The van der Waals surface area contributed by atoms with Crippen molar-refractivity contribution in [1.82, 2.24) is 9.80 Å². The van der Waals surface area contributed by atoms with Crippen LogP contribution in [0, 0.1) is 0 Å². The van der Waals surface area contributed by atoms with E-state index in [9.17, 15) is 4.79 Å². The van der Waals surface area contributed by atoms with Gasteiger partial charge >= 0.3 is 0 Å². The Morgan fingerprint density at radius 1 is 1.10 bits per heavy atom. The first-order valence-corrected chi connectivity index (χ1v) is 10.7. The summed E-state index contributed by atoms with van der Waals surface area (Å²) in [6.45, 7) is 7.55. The molecule has 2 aromatic carbocycles. The number of nitrogens with zero attached hydrogens (tertiary/aromatic N) is 3. The van der Waals surface area contributed by atoms with Crippen LogP contribution in [0.3, 0.4) is 0 Å². The third-order valence-corrected chi connectivity index (χ3v) is 5.87. The number of hydrogen-bond acceptors (Lipinski definition) is 4. The first-order chi connectivity index (χ1) is 14.1. The number of rotatable bonds is 6. The number of benzene rings is 2. The second-order valence-corrected chi connectivity index (χ2v) is 8.14. The Bertz CT molecular complexity index is 830. The topological polar surface area (TPSA) is 36.0 Å². The molecule has 1 saturated heterocycles. The Kier molecular flexibility index (Phi) is 6.05. The Hall–Kier alpha value is -2.53. The lowest BCUT2D eigenvalue weighted by atomic mass is 10.1. The molecule has 5 heteroatoms. The molecule has 0 radical (unpaired) electrons. The fraction of sp³-hybridized carbons (Fsp3) is 0.458. The zero-order chi connectivity index (χ0) is 20.2. The Morgan fingerprint density at radius 3 is 2.55 bits per heavy atom. The maximum atomic E-state index is 12.5. The number of fused-ring (bicyclic) bond motifs is 1. The van der Waals surface area contributed by atoms with Gasteiger partial charge in [0.05, 0.1) is 12.2 Å². The number of hydrogen-bond donors (Lipinski definition) is 0. The van der Waals surface area contributed by atoms with E-state index in [-0.39, 0.29) is 12.0 Å². The molecule has 2 aromatic rings. The molecule has 0 spiro atoms. The van der Waals surface area contributed by atoms with Crippen molar-refractivity contribution >= 4 is 11.6 Å². The van der Waals surface area contributed by atoms with Gasteiger partial charge in [-0.05, 0) is 56.6 Å². The van der Waals surface area contributed by atoms with Gasteiger partial charge in [-0.2, -0.15) is 0 Å². The Balaban J connectivity index is 1.34. The first kappa shape index (κ1) is 19.8. The van der Waals surface area contributed by atoms with Crippen molar-refractivity contribution in [3.05, 3.63) is 59.7 Å². The Labute approximate surface area is 173 Å². The van der Waals surface area contributed by atoms with E-state index >= 15 is 0 Å². The molecule has 0 N–H and O–H groups in total. The molecular weight excluding hydrogens is 362 g/mol. The van der Waals surface area contributed by atoms with E-state index in [1.165, 1.54) is 11.3 Å². The molecule has 0 saturated carbocycles. The van der Waals surface area contributed by atoms with Crippen molar-refractivity contribution in [2.75, 3.05) is 44.7 Å². The predicted molar refractivity (Wildman–Crippen MR) is 117 cm³/mol. The average Bonchev–Trinajstić information content (AvgIpc) is 3.28. The van der Waals surface area contributed by atoms with Gasteiger partial charge in [0.15, 0.2) is 0 Å². The van der Waals surface area contributed by atoms with Crippen LogP contribution in [0.25, 0.3) is 0 Å². The number of ether oxygens (including phenoxy) is 1. The predicted octanol–water partition coefficient (Wildman–Crippen LogP) is 3.64. The normalized spacial score (nSPS) is 18.7. The number of likely N-dealkylation sites (tertiary alicyclic amines) is 1. The van der Waals surface area contributed by atoms with Crippen LogP contribution in [0.15, 0.2) is 48.5 Å². The van der Waals surface area contributed by atoms with E-state index in [0.29, 0.717) is 0 Å². The third-order valence-electron chi connectivity index (χ3n) is 5.87. The van der Waals surface area contributed by atoms with Crippen molar-refractivity contribution in [3.8, 4) is 5.75 Å². The van der Waals surface area contributed by atoms with Crippen LogP contribution in [-0.4, -0.2) is 61.6 Å². The quantitative estimate of drug-likeness (QED) is 0.751. The van der Waals surface area contributed by atoms with E-state index in [2.05, 4.69) is 54.1 Å². The Morgan fingerprint density at radius 2 is 1.83 bits per heavy atom. The highest BCUT2D eigenvalue weighted by Crippen LogP contribution is 2.32. The van der Waals surface area contributed by atoms with Gasteiger partial charge in [0, 0.05) is 38.3 Å². The molecule has 1 atom stereocenters. The molecule has 0 unspecified atom stereocenters. The standard InChI is InChI=1S/C24H31N3O2/c1-3-26-18-21(29-23-9-5-4-8-22(23)26)17-25(2)16-19-10-12-20(13-11-19)24(28)27-14-6-7-15-27/h4-5,8-13,21H,3,6-7,14-18H2,1-2H3/t21-/m1/s1. The number of likely N-dealkylation sites (N-methyl/N-ethyl adjacent to an activating group) is 2. The fourth-order valence-corrected chi connectivity index (χ4v) is 4.35. The van der Waals surface area contributed by atoms with Crippen LogP contribution < -0.4 is 9.64 Å². The molecule has 1 fully saturated rings. The summed E-state index contributed by atoms with van der Waals surface area (Å²) in [6, 6.07) is 16.4. The summed E-state index contributed by atoms with van der Waals surface area (Å²) < 4.78 is 6.25. The third kappa shape index (κ3) is 4.56. The summed E-state index contributed by atoms with van der Waals surface area (Å²) in [7, 11) is 2.13. The number of amides is 1. The highest BCUT2D eigenvalue weighted by molar-refractivity contribution is 5.94. The molecule has 4 rings (SSSR count). The number of anilines is 1. The van der Waals surface area contributed by atoms with Gasteiger partial charge < -0.3 is 14.5 Å². The minimum absolute atomic E-state index is 0.144. The summed E-state index contributed by atoms with van der Waals surface area (Å²) in [5, 5.41) is 0. The molecule has 0 aromatic heterocycles. The van der Waals surface area contributed by atoms with E-state index < -0.39 is 0 Å². The molecule has 29 heavy (non-hydrogen) atoms. The van der Waals surface area contributed by atoms with Crippen molar-refractivity contribution in [1.29, 1.82) is 0 Å². The lowest BCUT2D eigenvalue weighted by Crippen LogP contribution is -2.45. The fourth-order valence-electron chi connectivity index (χ4n) is 4.35. The van der Waals surface area contributed by atoms with Gasteiger partial charge in [-0.3, -0.25) is 9.69 Å². The summed E-state index contributed by atoms with van der Waals surface area (Å²) >= 11 is 0. The molecule has 0 aliphatic carbocycles. The van der Waals surface area contributed by atoms with E-state index in [1.807, 2.05) is 23.1 Å².